The molecule has 2 heterocycles. The third kappa shape index (κ3) is 3.34. The summed E-state index contributed by atoms with van der Waals surface area (Å²) in [6.07, 6.45) is 0.976. The Morgan fingerprint density at radius 2 is 1.84 bits per heavy atom. The lowest BCUT2D eigenvalue weighted by atomic mass is 9.96. The van der Waals surface area contributed by atoms with Gasteiger partial charge >= 0.3 is 0 Å². The van der Waals surface area contributed by atoms with Gasteiger partial charge in [0.2, 0.25) is 0 Å². The predicted octanol–water partition coefficient (Wildman–Crippen LogP) is 2.16. The third-order valence-corrected chi connectivity index (χ3v) is 4.91. The number of aromatic nitrogens is 2. The van der Waals surface area contributed by atoms with Crippen LogP contribution in [0.15, 0.2) is 59.4 Å². The second kappa shape index (κ2) is 6.78. The van der Waals surface area contributed by atoms with Crippen molar-refractivity contribution in [3.63, 3.8) is 0 Å². The molecule has 4 rings (SSSR count). The number of nitrogens with one attached hydrogen (secondary N) is 3. The van der Waals surface area contributed by atoms with E-state index in [4.69, 9.17) is 0 Å². The van der Waals surface area contributed by atoms with Gasteiger partial charge in [-0.1, -0.05) is 42.5 Å². The van der Waals surface area contributed by atoms with Crippen molar-refractivity contribution in [3.8, 4) is 0 Å². The van der Waals surface area contributed by atoms with E-state index in [0.717, 1.165) is 18.5 Å². The van der Waals surface area contributed by atoms with Crippen LogP contribution in [0, 0.1) is 0 Å². The molecular weight excluding hydrogens is 312 g/mol. The zero-order chi connectivity index (χ0) is 17.2. The first-order valence-corrected chi connectivity index (χ1v) is 8.73. The molecule has 2 aromatic carbocycles. The van der Waals surface area contributed by atoms with Crippen molar-refractivity contribution in [2.75, 3.05) is 6.54 Å². The van der Waals surface area contributed by atoms with Crippen molar-refractivity contribution >= 4 is 10.9 Å². The van der Waals surface area contributed by atoms with E-state index in [0.29, 0.717) is 17.3 Å². The molecule has 5 heteroatoms. The summed E-state index contributed by atoms with van der Waals surface area (Å²) >= 11 is 0. The minimum absolute atomic E-state index is 0.000621. The van der Waals surface area contributed by atoms with Crippen LogP contribution >= 0.6 is 0 Å². The smallest absolute Gasteiger partial charge is 0.258 e. The summed E-state index contributed by atoms with van der Waals surface area (Å²) in [5.41, 5.74) is 1.98. The Labute approximate surface area is 146 Å². The van der Waals surface area contributed by atoms with E-state index in [-0.39, 0.29) is 17.6 Å². The van der Waals surface area contributed by atoms with E-state index in [1.165, 1.54) is 5.56 Å². The highest BCUT2D eigenvalue weighted by atomic mass is 16.1. The second-order valence-corrected chi connectivity index (χ2v) is 6.68. The first-order chi connectivity index (χ1) is 12.2. The maximum absolute atomic E-state index is 12.3. The first kappa shape index (κ1) is 16.0. The summed E-state index contributed by atoms with van der Waals surface area (Å²) in [7, 11) is 0. The van der Waals surface area contributed by atoms with E-state index in [1.807, 2.05) is 24.3 Å². The summed E-state index contributed by atoms with van der Waals surface area (Å²) in [6.45, 7) is 2.91. The number of hydrogen-bond acceptors (Lipinski definition) is 4. The van der Waals surface area contributed by atoms with Crippen molar-refractivity contribution in [1.82, 2.24) is 20.6 Å². The molecule has 0 bridgehead atoms. The fraction of sp³-hybridized carbons (Fsp3) is 0.300. The lowest BCUT2D eigenvalue weighted by Gasteiger charge is -2.36. The normalized spacial score (nSPS) is 23.6. The fourth-order valence-electron chi connectivity index (χ4n) is 3.50. The molecule has 1 fully saturated rings. The maximum Gasteiger partial charge on any atom is 0.258 e. The number of para-hydroxylation sites is 1. The van der Waals surface area contributed by atoms with Gasteiger partial charge in [0, 0.05) is 18.6 Å². The maximum atomic E-state index is 12.3. The van der Waals surface area contributed by atoms with Crippen LogP contribution in [0.1, 0.15) is 24.4 Å². The second-order valence-electron chi connectivity index (χ2n) is 6.68. The molecule has 3 N–H and O–H groups in total. The lowest BCUT2D eigenvalue weighted by Crippen LogP contribution is -2.57. The standard InChI is InChI=1S/C20H22N4O/c1-13-17(11-14-7-3-2-4-8-14)21-12-18(22-13)19-23-16-10-6-5-9-15(16)20(25)24-19/h2-10,13,17-18,21-22H,11-12H2,1H3,(H,23,24,25). The van der Waals surface area contributed by atoms with Gasteiger partial charge in [-0.3, -0.25) is 4.79 Å². The average Bonchev–Trinajstić information content (AvgIpc) is 2.64. The Balaban J connectivity index is 1.52. The van der Waals surface area contributed by atoms with E-state index in [2.05, 4.69) is 51.8 Å². The summed E-state index contributed by atoms with van der Waals surface area (Å²) in [6, 6.07) is 18.6. The van der Waals surface area contributed by atoms with Gasteiger partial charge in [0.1, 0.15) is 5.82 Å². The summed E-state index contributed by atoms with van der Waals surface area (Å²) < 4.78 is 0. The van der Waals surface area contributed by atoms with Crippen molar-refractivity contribution in [1.29, 1.82) is 0 Å². The van der Waals surface area contributed by atoms with Crippen LogP contribution < -0.4 is 16.2 Å². The molecule has 3 atom stereocenters. The Hall–Kier alpha value is -2.50. The lowest BCUT2D eigenvalue weighted by molar-refractivity contribution is 0.274. The minimum atomic E-state index is -0.0820. The molecule has 0 radical (unpaired) electrons. The number of aromatic amines is 1. The van der Waals surface area contributed by atoms with Gasteiger partial charge in [0.15, 0.2) is 0 Å². The highest BCUT2D eigenvalue weighted by Gasteiger charge is 2.28. The molecule has 1 saturated heterocycles. The van der Waals surface area contributed by atoms with Crippen LogP contribution in [0.5, 0.6) is 0 Å². The van der Waals surface area contributed by atoms with Crippen molar-refractivity contribution in [2.24, 2.45) is 0 Å². The highest BCUT2D eigenvalue weighted by molar-refractivity contribution is 5.77. The Morgan fingerprint density at radius 3 is 2.64 bits per heavy atom. The van der Waals surface area contributed by atoms with Crippen LogP contribution in [0.25, 0.3) is 10.9 Å². The SMILES string of the molecule is CC1NC(c2nc3ccccc3c(=O)[nH]2)CNC1Cc1ccccc1. The van der Waals surface area contributed by atoms with Gasteiger partial charge in [-0.05, 0) is 31.0 Å². The molecule has 0 amide bonds. The van der Waals surface area contributed by atoms with Gasteiger partial charge in [-0.15, -0.1) is 0 Å². The number of nitrogens with zero attached hydrogens (tertiary/aromatic N) is 1. The van der Waals surface area contributed by atoms with Gasteiger partial charge < -0.3 is 15.6 Å². The zero-order valence-corrected chi connectivity index (χ0v) is 14.2. The van der Waals surface area contributed by atoms with E-state index in [1.54, 1.807) is 6.07 Å². The number of hydrogen-bond donors (Lipinski definition) is 3. The van der Waals surface area contributed by atoms with Gasteiger partial charge in [-0.2, -0.15) is 0 Å². The molecular formula is C20H22N4O. The Bertz CT molecular complexity index is 922. The number of rotatable bonds is 3. The molecule has 25 heavy (non-hydrogen) atoms. The molecule has 1 aromatic heterocycles. The van der Waals surface area contributed by atoms with Crippen molar-refractivity contribution in [2.45, 2.75) is 31.5 Å². The molecule has 128 valence electrons. The topological polar surface area (TPSA) is 69.8 Å². The Morgan fingerprint density at radius 1 is 1.08 bits per heavy atom. The Kier molecular flexibility index (Phi) is 4.34. The molecule has 0 saturated carbocycles. The summed E-state index contributed by atoms with van der Waals surface area (Å²) in [5.74, 6) is 0.696. The van der Waals surface area contributed by atoms with Crippen LogP contribution in [-0.2, 0) is 6.42 Å². The average molecular weight is 334 g/mol. The number of piperazine rings is 1. The van der Waals surface area contributed by atoms with E-state index in [9.17, 15) is 4.79 Å². The monoisotopic (exact) mass is 334 g/mol. The summed E-state index contributed by atoms with van der Waals surface area (Å²) in [4.78, 5) is 19.9. The van der Waals surface area contributed by atoms with Crippen LogP contribution in [0.4, 0.5) is 0 Å². The molecule has 3 unspecified atom stereocenters. The molecule has 0 spiro atoms. The van der Waals surface area contributed by atoms with E-state index < -0.39 is 0 Å². The molecule has 0 aliphatic carbocycles. The van der Waals surface area contributed by atoms with Gasteiger partial charge in [-0.25, -0.2) is 4.98 Å². The minimum Gasteiger partial charge on any atom is -0.310 e. The third-order valence-electron chi connectivity index (χ3n) is 4.91. The zero-order valence-electron chi connectivity index (χ0n) is 14.2. The highest BCUT2D eigenvalue weighted by Crippen LogP contribution is 2.17. The fourth-order valence-corrected chi connectivity index (χ4v) is 3.50. The van der Waals surface area contributed by atoms with Crippen molar-refractivity contribution < 1.29 is 0 Å². The number of H-pyrrole nitrogens is 1. The predicted molar refractivity (Wildman–Crippen MR) is 99.6 cm³/mol. The quantitative estimate of drug-likeness (QED) is 0.686. The van der Waals surface area contributed by atoms with Gasteiger partial charge in [0.25, 0.3) is 5.56 Å². The molecule has 1 aliphatic heterocycles. The number of benzene rings is 2. The molecule has 5 nitrogen and oxygen atoms in total. The molecule has 3 aromatic rings. The van der Waals surface area contributed by atoms with E-state index >= 15 is 0 Å². The first-order valence-electron chi connectivity index (χ1n) is 8.73. The molecule has 1 aliphatic rings. The van der Waals surface area contributed by atoms with Crippen molar-refractivity contribution in [3.05, 3.63) is 76.3 Å². The van der Waals surface area contributed by atoms with Crippen LogP contribution in [-0.4, -0.2) is 28.6 Å². The van der Waals surface area contributed by atoms with Crippen LogP contribution in [0.2, 0.25) is 0 Å². The van der Waals surface area contributed by atoms with Crippen LogP contribution in [0.3, 0.4) is 0 Å². The number of fused-ring (bicyclic) bond motifs is 1. The largest absolute Gasteiger partial charge is 0.310 e. The summed E-state index contributed by atoms with van der Waals surface area (Å²) in [5, 5.41) is 7.84. The van der Waals surface area contributed by atoms with Gasteiger partial charge in [0.05, 0.1) is 16.9 Å².